The molecule has 1 amide bonds. The zero-order valence-corrected chi connectivity index (χ0v) is 14.9. The molecule has 3 rings (SSSR count). The van der Waals surface area contributed by atoms with Crippen molar-refractivity contribution < 1.29 is 27.9 Å². The molecule has 2 atom stereocenters. The summed E-state index contributed by atoms with van der Waals surface area (Å²) < 4.78 is 21.0. The van der Waals surface area contributed by atoms with Crippen molar-refractivity contribution in [3.63, 3.8) is 0 Å². The lowest BCUT2D eigenvalue weighted by Crippen LogP contribution is -2.33. The van der Waals surface area contributed by atoms with Crippen LogP contribution < -0.4 is 0 Å². The molecular formula is C19H20N2O6. The molecule has 3 heterocycles. The average Bonchev–Trinajstić information content (AvgIpc) is 3.42. The second kappa shape index (κ2) is 8.50. The Bertz CT molecular complexity index is 809. The molecule has 1 aliphatic heterocycles. The fourth-order valence-electron chi connectivity index (χ4n) is 2.63. The topological polar surface area (TPSA) is 94.5 Å². The number of rotatable bonds is 8. The minimum atomic E-state index is -0.794. The van der Waals surface area contributed by atoms with Crippen LogP contribution in [-0.4, -0.2) is 41.9 Å². The van der Waals surface area contributed by atoms with Crippen molar-refractivity contribution >= 4 is 17.6 Å². The van der Waals surface area contributed by atoms with Crippen LogP contribution in [0.5, 0.6) is 0 Å². The van der Waals surface area contributed by atoms with Crippen molar-refractivity contribution in [2.45, 2.75) is 25.5 Å². The Morgan fingerprint density at radius 2 is 2.15 bits per heavy atom. The first-order valence-corrected chi connectivity index (χ1v) is 8.46. The van der Waals surface area contributed by atoms with Gasteiger partial charge in [-0.2, -0.15) is 5.10 Å². The normalized spacial score (nSPS) is 17.4. The highest BCUT2D eigenvalue weighted by atomic mass is 16.6. The summed E-state index contributed by atoms with van der Waals surface area (Å²) in [6.45, 7) is 4.82. The van der Waals surface area contributed by atoms with Crippen molar-refractivity contribution in [2.75, 3.05) is 13.2 Å². The number of esters is 1. The average molecular weight is 372 g/mol. The summed E-state index contributed by atoms with van der Waals surface area (Å²) in [5.74, 6) is 0.0596. The summed E-state index contributed by atoms with van der Waals surface area (Å²) in [5, 5.41) is 5.61. The Labute approximate surface area is 156 Å². The first-order valence-electron chi connectivity index (χ1n) is 8.46. The summed E-state index contributed by atoms with van der Waals surface area (Å²) in [6.07, 6.45) is 4.23. The maximum absolute atomic E-state index is 12.6. The van der Waals surface area contributed by atoms with Gasteiger partial charge in [0.2, 0.25) is 0 Å². The van der Waals surface area contributed by atoms with Crippen LogP contribution in [0.1, 0.15) is 30.9 Å². The predicted octanol–water partition coefficient (Wildman–Crippen LogP) is 2.68. The lowest BCUT2D eigenvalue weighted by Gasteiger charge is -2.20. The second-order valence-corrected chi connectivity index (χ2v) is 5.87. The molecule has 0 aromatic carbocycles. The number of hydrogen-bond donors (Lipinski definition) is 0. The van der Waals surface area contributed by atoms with Gasteiger partial charge in [-0.1, -0.05) is 6.08 Å². The molecule has 0 radical (unpaired) electrons. The van der Waals surface area contributed by atoms with Gasteiger partial charge in [-0.05, 0) is 31.2 Å². The van der Waals surface area contributed by atoms with E-state index < -0.39 is 30.6 Å². The van der Waals surface area contributed by atoms with Gasteiger partial charge in [0.05, 0.1) is 19.1 Å². The molecule has 0 fully saturated rings. The lowest BCUT2D eigenvalue weighted by molar-refractivity contribution is -0.161. The number of amides is 1. The van der Waals surface area contributed by atoms with Crippen LogP contribution in [0.3, 0.4) is 0 Å². The van der Waals surface area contributed by atoms with Gasteiger partial charge >= 0.3 is 5.97 Å². The first kappa shape index (κ1) is 18.7. The van der Waals surface area contributed by atoms with Crippen molar-refractivity contribution in [1.82, 2.24) is 5.01 Å². The molecule has 2 aromatic heterocycles. The maximum atomic E-state index is 12.6. The Morgan fingerprint density at radius 3 is 2.81 bits per heavy atom. The highest BCUT2D eigenvalue weighted by Gasteiger charge is 2.36. The number of nitrogens with zero attached hydrogens (tertiary/aromatic N) is 2. The van der Waals surface area contributed by atoms with Crippen LogP contribution in [0.2, 0.25) is 0 Å². The summed E-state index contributed by atoms with van der Waals surface area (Å²) in [6, 6.07) is 6.59. The molecule has 0 spiro atoms. The molecule has 0 N–H and O–H groups in total. The van der Waals surface area contributed by atoms with E-state index in [0.29, 0.717) is 23.7 Å². The Balaban J connectivity index is 1.68. The molecule has 0 saturated heterocycles. The molecular weight excluding hydrogens is 352 g/mol. The summed E-state index contributed by atoms with van der Waals surface area (Å²) in [4.78, 5) is 24.5. The molecule has 0 saturated carbocycles. The van der Waals surface area contributed by atoms with E-state index in [4.69, 9.17) is 18.3 Å². The van der Waals surface area contributed by atoms with E-state index in [9.17, 15) is 9.59 Å². The van der Waals surface area contributed by atoms with E-state index in [-0.39, 0.29) is 6.61 Å². The first-order chi connectivity index (χ1) is 13.1. The minimum absolute atomic E-state index is 0.216. The molecule has 2 unspecified atom stereocenters. The lowest BCUT2D eigenvalue weighted by atomic mass is 10.1. The van der Waals surface area contributed by atoms with E-state index in [1.807, 2.05) is 0 Å². The van der Waals surface area contributed by atoms with E-state index in [1.54, 1.807) is 31.2 Å². The van der Waals surface area contributed by atoms with Crippen LogP contribution in [0.4, 0.5) is 0 Å². The quantitative estimate of drug-likeness (QED) is 0.522. The van der Waals surface area contributed by atoms with E-state index in [0.717, 1.165) is 0 Å². The molecule has 0 bridgehead atoms. The summed E-state index contributed by atoms with van der Waals surface area (Å²) in [5.41, 5.74) is 0.615. The third-order valence-corrected chi connectivity index (χ3v) is 3.98. The van der Waals surface area contributed by atoms with Gasteiger partial charge in [-0.3, -0.25) is 4.79 Å². The largest absolute Gasteiger partial charge is 0.467 e. The number of furan rings is 2. The zero-order valence-electron chi connectivity index (χ0n) is 14.9. The van der Waals surface area contributed by atoms with Crippen LogP contribution in [0.15, 0.2) is 63.4 Å². The second-order valence-electron chi connectivity index (χ2n) is 5.87. The van der Waals surface area contributed by atoms with Gasteiger partial charge in [0.15, 0.2) is 12.7 Å². The van der Waals surface area contributed by atoms with E-state index in [2.05, 4.69) is 11.7 Å². The van der Waals surface area contributed by atoms with Crippen molar-refractivity contribution in [1.29, 1.82) is 0 Å². The van der Waals surface area contributed by atoms with Crippen LogP contribution in [0, 0.1) is 0 Å². The third kappa shape index (κ3) is 4.35. The number of carbonyl (C=O) groups is 2. The number of hydrogen-bond acceptors (Lipinski definition) is 7. The van der Waals surface area contributed by atoms with Crippen LogP contribution >= 0.6 is 0 Å². The van der Waals surface area contributed by atoms with Crippen molar-refractivity contribution in [3.05, 3.63) is 61.0 Å². The highest BCUT2D eigenvalue weighted by molar-refractivity contribution is 6.01. The summed E-state index contributed by atoms with van der Waals surface area (Å²) in [7, 11) is 0. The molecule has 1 aliphatic rings. The van der Waals surface area contributed by atoms with Crippen molar-refractivity contribution in [3.8, 4) is 0 Å². The number of carbonyl (C=O) groups excluding carboxylic acids is 2. The maximum Gasteiger partial charge on any atom is 0.335 e. The van der Waals surface area contributed by atoms with Crippen LogP contribution in [0.25, 0.3) is 0 Å². The molecule has 27 heavy (non-hydrogen) atoms. The van der Waals surface area contributed by atoms with Gasteiger partial charge in [-0.25, -0.2) is 9.80 Å². The number of hydrazone groups is 1. The van der Waals surface area contributed by atoms with Gasteiger partial charge in [0.1, 0.15) is 23.3 Å². The minimum Gasteiger partial charge on any atom is -0.467 e. The molecule has 142 valence electrons. The molecule has 0 aliphatic carbocycles. The van der Waals surface area contributed by atoms with Crippen LogP contribution in [-0.2, 0) is 19.1 Å². The molecule has 8 heteroatoms. The van der Waals surface area contributed by atoms with Gasteiger partial charge in [-0.15, -0.1) is 6.58 Å². The fraction of sp³-hybridized carbons (Fsp3) is 0.316. The Morgan fingerprint density at radius 1 is 1.37 bits per heavy atom. The SMILES string of the molecule is C=CCOC(C)C(=O)OCC(=O)N1N=C(c2ccco2)CC1c1ccco1. The summed E-state index contributed by atoms with van der Waals surface area (Å²) >= 11 is 0. The molecule has 8 nitrogen and oxygen atoms in total. The standard InChI is InChI=1S/C19H20N2O6/c1-3-8-24-13(2)19(23)27-12-18(22)21-15(17-7-5-10-26-17)11-14(20-21)16-6-4-9-25-16/h3-7,9-10,13,15H,1,8,11-12H2,2H3. The van der Waals surface area contributed by atoms with Gasteiger partial charge in [0, 0.05) is 6.42 Å². The monoisotopic (exact) mass is 372 g/mol. The molecule has 2 aromatic rings. The number of ether oxygens (including phenoxy) is 2. The van der Waals surface area contributed by atoms with E-state index >= 15 is 0 Å². The third-order valence-electron chi connectivity index (χ3n) is 3.98. The zero-order chi connectivity index (χ0) is 19.2. The fourth-order valence-corrected chi connectivity index (χ4v) is 2.63. The Kier molecular flexibility index (Phi) is 5.87. The smallest absolute Gasteiger partial charge is 0.335 e. The van der Waals surface area contributed by atoms with Gasteiger partial charge in [0.25, 0.3) is 5.91 Å². The van der Waals surface area contributed by atoms with Crippen molar-refractivity contribution in [2.24, 2.45) is 5.10 Å². The highest BCUT2D eigenvalue weighted by Crippen LogP contribution is 2.33. The van der Waals surface area contributed by atoms with E-state index in [1.165, 1.54) is 23.6 Å². The predicted molar refractivity (Wildman–Crippen MR) is 94.7 cm³/mol. The van der Waals surface area contributed by atoms with Gasteiger partial charge < -0.3 is 18.3 Å². The Hall–Kier alpha value is -3.13.